The fourth-order valence-electron chi connectivity index (χ4n) is 3.50. The van der Waals surface area contributed by atoms with E-state index in [2.05, 4.69) is 10.3 Å². The molecule has 0 bridgehead atoms. The van der Waals surface area contributed by atoms with Gasteiger partial charge >= 0.3 is 0 Å². The molecular weight excluding hydrogens is 372 g/mol. The first-order chi connectivity index (χ1) is 13.8. The van der Waals surface area contributed by atoms with Crippen molar-refractivity contribution in [3.8, 4) is 5.75 Å². The van der Waals surface area contributed by atoms with Crippen LogP contribution < -0.4 is 5.32 Å². The van der Waals surface area contributed by atoms with Crippen molar-refractivity contribution in [3.05, 3.63) is 47.3 Å². The zero-order chi connectivity index (χ0) is 20.6. The monoisotopic (exact) mass is 398 g/mol. The average molecular weight is 398 g/mol. The van der Waals surface area contributed by atoms with Crippen LogP contribution in [0.15, 0.2) is 30.3 Å². The summed E-state index contributed by atoms with van der Waals surface area (Å²) in [5.41, 5.74) is 3.82. The van der Waals surface area contributed by atoms with Crippen LogP contribution in [0.1, 0.15) is 30.8 Å². The number of nitrogens with zero attached hydrogens (tertiary/aromatic N) is 3. The lowest BCUT2D eigenvalue weighted by atomic mass is 10.2. The number of hydrogen-bond donors (Lipinski definition) is 3. The standard InChI is InChI=1S/C21H26N4O4/c1-13-4-7-19(27)17(23-13)10-25-18-8-14(11-26)5-6-16(18)24-20(25)22-9-15-12-28-21(2,3)29-15/h4-8,15,26-27H,9-12H2,1-3H3,(H,22,24). The van der Waals surface area contributed by atoms with E-state index in [-0.39, 0.29) is 18.5 Å². The largest absolute Gasteiger partial charge is 0.506 e. The molecule has 1 aromatic carbocycles. The summed E-state index contributed by atoms with van der Waals surface area (Å²) in [6.45, 7) is 7.00. The molecule has 154 valence electrons. The maximum Gasteiger partial charge on any atom is 0.204 e. The molecule has 0 radical (unpaired) electrons. The Morgan fingerprint density at radius 3 is 2.79 bits per heavy atom. The highest BCUT2D eigenvalue weighted by molar-refractivity contribution is 5.79. The van der Waals surface area contributed by atoms with E-state index < -0.39 is 5.79 Å². The molecule has 4 rings (SSSR count). The molecule has 0 amide bonds. The molecule has 2 aromatic heterocycles. The van der Waals surface area contributed by atoms with Gasteiger partial charge in [-0.05, 0) is 50.6 Å². The summed E-state index contributed by atoms with van der Waals surface area (Å²) in [7, 11) is 0. The summed E-state index contributed by atoms with van der Waals surface area (Å²) >= 11 is 0. The van der Waals surface area contributed by atoms with Crippen molar-refractivity contribution in [2.24, 2.45) is 0 Å². The van der Waals surface area contributed by atoms with Gasteiger partial charge in [-0.25, -0.2) is 4.98 Å². The number of benzene rings is 1. The molecule has 29 heavy (non-hydrogen) atoms. The van der Waals surface area contributed by atoms with E-state index in [1.54, 1.807) is 12.1 Å². The number of aryl methyl sites for hydroxylation is 1. The topological polar surface area (TPSA) is 102 Å². The van der Waals surface area contributed by atoms with Crippen LogP contribution in [0.25, 0.3) is 11.0 Å². The lowest BCUT2D eigenvalue weighted by Crippen LogP contribution is -2.26. The molecule has 1 unspecified atom stereocenters. The normalized spacial score (nSPS) is 18.4. The van der Waals surface area contributed by atoms with Gasteiger partial charge in [-0.3, -0.25) is 4.98 Å². The summed E-state index contributed by atoms with van der Waals surface area (Å²) < 4.78 is 13.4. The van der Waals surface area contributed by atoms with E-state index in [9.17, 15) is 10.2 Å². The Morgan fingerprint density at radius 2 is 2.07 bits per heavy atom. The van der Waals surface area contributed by atoms with E-state index >= 15 is 0 Å². The molecule has 3 heterocycles. The van der Waals surface area contributed by atoms with Gasteiger partial charge in [0.1, 0.15) is 17.5 Å². The Labute approximate surface area is 169 Å². The third-order valence-electron chi connectivity index (χ3n) is 4.95. The molecule has 1 atom stereocenters. The molecule has 1 fully saturated rings. The van der Waals surface area contributed by atoms with E-state index in [4.69, 9.17) is 14.5 Å². The molecule has 0 aliphatic carbocycles. The minimum absolute atomic E-state index is 0.0554. The van der Waals surface area contributed by atoms with Crippen LogP contribution in [0.2, 0.25) is 0 Å². The zero-order valence-electron chi connectivity index (χ0n) is 16.8. The van der Waals surface area contributed by atoms with Gasteiger partial charge in [-0.1, -0.05) is 6.07 Å². The van der Waals surface area contributed by atoms with Gasteiger partial charge < -0.3 is 29.6 Å². The predicted molar refractivity (Wildman–Crippen MR) is 109 cm³/mol. The van der Waals surface area contributed by atoms with Crippen molar-refractivity contribution in [3.63, 3.8) is 0 Å². The van der Waals surface area contributed by atoms with Crippen LogP contribution in [0.5, 0.6) is 5.75 Å². The SMILES string of the molecule is Cc1ccc(O)c(Cn2c(NCC3COC(C)(C)O3)nc3ccc(CO)cc32)n1. The number of imidazole rings is 1. The number of aromatic hydroxyl groups is 1. The van der Waals surface area contributed by atoms with Crippen molar-refractivity contribution < 1.29 is 19.7 Å². The van der Waals surface area contributed by atoms with Crippen LogP contribution in [0.3, 0.4) is 0 Å². The number of rotatable bonds is 6. The Balaban J connectivity index is 1.67. The second-order valence-electron chi connectivity index (χ2n) is 7.75. The number of aliphatic hydroxyl groups excluding tert-OH is 1. The molecule has 3 N–H and O–H groups in total. The van der Waals surface area contributed by atoms with E-state index in [1.807, 2.05) is 43.5 Å². The van der Waals surface area contributed by atoms with Crippen molar-refractivity contribution in [2.45, 2.75) is 45.8 Å². The van der Waals surface area contributed by atoms with Crippen LogP contribution in [0, 0.1) is 6.92 Å². The summed E-state index contributed by atoms with van der Waals surface area (Å²) in [5.74, 6) is 0.196. The Morgan fingerprint density at radius 1 is 1.24 bits per heavy atom. The number of aliphatic hydroxyl groups is 1. The number of aromatic nitrogens is 3. The van der Waals surface area contributed by atoms with E-state index in [1.165, 1.54) is 0 Å². The average Bonchev–Trinajstić information content (AvgIpc) is 3.21. The third-order valence-corrected chi connectivity index (χ3v) is 4.95. The molecule has 3 aromatic rings. The Bertz CT molecular complexity index is 1030. The van der Waals surface area contributed by atoms with Gasteiger partial charge in [-0.15, -0.1) is 0 Å². The predicted octanol–water partition coefficient (Wildman–Crippen LogP) is 2.55. The summed E-state index contributed by atoms with van der Waals surface area (Å²) in [6.07, 6.45) is -0.0863. The highest BCUT2D eigenvalue weighted by Crippen LogP contribution is 2.26. The minimum Gasteiger partial charge on any atom is -0.506 e. The smallest absolute Gasteiger partial charge is 0.204 e. The summed E-state index contributed by atoms with van der Waals surface area (Å²) in [6, 6.07) is 9.05. The molecule has 0 spiro atoms. The van der Waals surface area contributed by atoms with Gasteiger partial charge in [-0.2, -0.15) is 0 Å². The van der Waals surface area contributed by atoms with Crippen LogP contribution in [0.4, 0.5) is 5.95 Å². The van der Waals surface area contributed by atoms with Gasteiger partial charge in [0.05, 0.1) is 30.8 Å². The van der Waals surface area contributed by atoms with Gasteiger partial charge in [0, 0.05) is 12.2 Å². The number of ether oxygens (including phenoxy) is 2. The maximum absolute atomic E-state index is 10.3. The molecule has 0 saturated carbocycles. The number of fused-ring (bicyclic) bond motifs is 1. The van der Waals surface area contributed by atoms with E-state index in [0.29, 0.717) is 31.3 Å². The number of pyridine rings is 1. The van der Waals surface area contributed by atoms with Crippen molar-refractivity contribution >= 4 is 17.0 Å². The number of hydrogen-bond acceptors (Lipinski definition) is 7. The van der Waals surface area contributed by atoms with E-state index in [0.717, 1.165) is 22.3 Å². The van der Waals surface area contributed by atoms with Crippen molar-refractivity contribution in [1.29, 1.82) is 0 Å². The fraction of sp³-hybridized carbons (Fsp3) is 0.429. The first-order valence-corrected chi connectivity index (χ1v) is 9.66. The lowest BCUT2D eigenvalue weighted by Gasteiger charge is -2.18. The zero-order valence-corrected chi connectivity index (χ0v) is 16.8. The highest BCUT2D eigenvalue weighted by Gasteiger charge is 2.32. The second-order valence-corrected chi connectivity index (χ2v) is 7.75. The second kappa shape index (κ2) is 7.62. The third kappa shape index (κ3) is 4.19. The maximum atomic E-state index is 10.3. The van der Waals surface area contributed by atoms with Gasteiger partial charge in [0.15, 0.2) is 5.79 Å². The first-order valence-electron chi connectivity index (χ1n) is 9.66. The number of anilines is 1. The Hall–Kier alpha value is -2.68. The Kier molecular flexibility index (Phi) is 5.16. The van der Waals surface area contributed by atoms with Crippen LogP contribution in [-0.4, -0.2) is 49.8 Å². The van der Waals surface area contributed by atoms with Gasteiger partial charge in [0.25, 0.3) is 0 Å². The minimum atomic E-state index is -0.584. The fourth-order valence-corrected chi connectivity index (χ4v) is 3.50. The highest BCUT2D eigenvalue weighted by atomic mass is 16.7. The quantitative estimate of drug-likeness (QED) is 0.586. The van der Waals surface area contributed by atoms with Crippen molar-refractivity contribution in [2.75, 3.05) is 18.5 Å². The lowest BCUT2D eigenvalue weighted by molar-refractivity contribution is -0.136. The van der Waals surface area contributed by atoms with Crippen LogP contribution >= 0.6 is 0 Å². The molecule has 8 nitrogen and oxygen atoms in total. The van der Waals surface area contributed by atoms with Gasteiger partial charge in [0.2, 0.25) is 5.95 Å². The summed E-state index contributed by atoms with van der Waals surface area (Å²) in [4.78, 5) is 9.17. The summed E-state index contributed by atoms with van der Waals surface area (Å²) in [5, 5.41) is 23.1. The molecule has 1 aliphatic heterocycles. The molecule has 1 saturated heterocycles. The van der Waals surface area contributed by atoms with Crippen LogP contribution in [-0.2, 0) is 22.6 Å². The molecular formula is C21H26N4O4. The molecule has 1 aliphatic rings. The molecule has 8 heteroatoms. The van der Waals surface area contributed by atoms with Crippen molar-refractivity contribution in [1.82, 2.24) is 14.5 Å². The number of nitrogens with one attached hydrogen (secondary N) is 1. The first kappa shape index (κ1) is 19.6.